The van der Waals surface area contributed by atoms with Crippen LogP contribution in [0.4, 0.5) is 10.2 Å². The number of aliphatic imine (C=N–C) groups is 1. The second kappa shape index (κ2) is 26.2. The predicted molar refractivity (Wildman–Crippen MR) is 227 cm³/mol. The van der Waals surface area contributed by atoms with Crippen molar-refractivity contribution in [2.75, 3.05) is 38.7 Å². The van der Waals surface area contributed by atoms with Crippen LogP contribution in [0.1, 0.15) is 133 Å². The van der Waals surface area contributed by atoms with Gasteiger partial charge in [0.25, 0.3) is 0 Å². The number of unbranched alkanes of at least 4 members (excludes halogenated alkanes) is 16. The highest BCUT2D eigenvalue weighted by Crippen LogP contribution is 2.46. The van der Waals surface area contributed by atoms with E-state index in [9.17, 15) is 29.3 Å². The highest BCUT2D eigenvalue weighted by atomic mass is 31.2. The zero-order valence-electron chi connectivity index (χ0n) is 35.2. The Kier molecular flexibility index (Phi) is 21.5. The van der Waals surface area contributed by atoms with Crippen LogP contribution >= 0.6 is 7.82 Å². The van der Waals surface area contributed by atoms with Crippen molar-refractivity contribution in [1.29, 1.82) is 5.26 Å². The summed E-state index contributed by atoms with van der Waals surface area (Å²) in [6.45, 7) is 4.82. The molecule has 1 fully saturated rings. The first-order chi connectivity index (χ1) is 29.0. The van der Waals surface area contributed by atoms with E-state index in [1.807, 2.05) is 6.07 Å². The maximum absolute atomic E-state index is 14.1. The molecule has 6 atom stereocenters. The van der Waals surface area contributed by atoms with E-state index in [2.05, 4.69) is 28.7 Å². The normalized spacial score (nSPS) is 20.6. The van der Waals surface area contributed by atoms with Gasteiger partial charge in [0.15, 0.2) is 11.4 Å². The van der Waals surface area contributed by atoms with Crippen molar-refractivity contribution in [1.82, 2.24) is 14.6 Å². The zero-order chi connectivity index (χ0) is 43.2. The SMILES string of the molecule is C=NC[C@@]1(c2ccc3c(N)ncnn23)O[C@H](COP(=O)(O)OC[C@@H](COCCCCCCCCCCCCCCCCCCC)OCc2cc(F)cc(C#N)c2)[C@@H](O)[C@H]1O. The van der Waals surface area contributed by atoms with Crippen LogP contribution < -0.4 is 5.73 Å². The molecule has 15 nitrogen and oxygen atoms in total. The minimum atomic E-state index is -4.79. The van der Waals surface area contributed by atoms with E-state index >= 15 is 0 Å². The molecule has 1 aliphatic heterocycles. The Labute approximate surface area is 354 Å². The Morgan fingerprint density at radius 1 is 0.983 bits per heavy atom. The van der Waals surface area contributed by atoms with Gasteiger partial charge in [-0.05, 0) is 49.0 Å². The Bertz CT molecular complexity index is 1810. The molecule has 0 aliphatic carbocycles. The van der Waals surface area contributed by atoms with E-state index in [1.54, 1.807) is 12.1 Å². The van der Waals surface area contributed by atoms with Crippen molar-refractivity contribution in [2.45, 2.75) is 153 Å². The number of ether oxygens (including phenoxy) is 3. The predicted octanol–water partition coefficient (Wildman–Crippen LogP) is 7.73. The third-order valence-electron chi connectivity index (χ3n) is 10.9. The van der Waals surface area contributed by atoms with Crippen molar-refractivity contribution in [2.24, 2.45) is 4.99 Å². The minimum absolute atomic E-state index is 0.00629. The highest BCUT2D eigenvalue weighted by molar-refractivity contribution is 7.47. The number of hydrogen-bond donors (Lipinski definition) is 4. The number of anilines is 1. The lowest BCUT2D eigenvalue weighted by molar-refractivity contribution is -0.0953. The number of nitriles is 1. The maximum atomic E-state index is 14.1. The molecule has 60 heavy (non-hydrogen) atoms. The average Bonchev–Trinajstić information content (AvgIpc) is 3.78. The molecule has 0 saturated carbocycles. The number of aliphatic hydroxyl groups is 2. The molecule has 17 heteroatoms. The second-order valence-electron chi connectivity index (χ2n) is 15.7. The van der Waals surface area contributed by atoms with Crippen LogP contribution in [0.25, 0.3) is 5.52 Å². The van der Waals surface area contributed by atoms with Gasteiger partial charge in [0.05, 0.1) is 50.3 Å². The number of halogens is 1. The molecule has 1 aliphatic rings. The van der Waals surface area contributed by atoms with Gasteiger partial charge in [0, 0.05) is 6.61 Å². The molecule has 1 aromatic carbocycles. The number of nitrogens with two attached hydrogens (primary N) is 1. The van der Waals surface area contributed by atoms with Crippen molar-refractivity contribution in [3.8, 4) is 6.07 Å². The van der Waals surface area contributed by atoms with Crippen LogP contribution in [0.3, 0.4) is 0 Å². The summed E-state index contributed by atoms with van der Waals surface area (Å²) in [4.78, 5) is 18.5. The van der Waals surface area contributed by atoms with Crippen LogP contribution in [-0.4, -0.2) is 93.8 Å². The van der Waals surface area contributed by atoms with Crippen molar-refractivity contribution in [3.05, 3.63) is 59.3 Å². The number of phosphoric ester groups is 1. The summed E-state index contributed by atoms with van der Waals surface area (Å²) < 4.78 is 57.1. The zero-order valence-corrected chi connectivity index (χ0v) is 36.1. The summed E-state index contributed by atoms with van der Waals surface area (Å²) >= 11 is 0. The van der Waals surface area contributed by atoms with Crippen molar-refractivity contribution >= 4 is 25.9 Å². The summed E-state index contributed by atoms with van der Waals surface area (Å²) in [5.41, 5.74) is 5.57. The van der Waals surface area contributed by atoms with Gasteiger partial charge in [0.2, 0.25) is 0 Å². The van der Waals surface area contributed by atoms with Gasteiger partial charge >= 0.3 is 7.82 Å². The first-order valence-corrected chi connectivity index (χ1v) is 23.1. The van der Waals surface area contributed by atoms with E-state index in [-0.39, 0.29) is 31.1 Å². The van der Waals surface area contributed by atoms with Gasteiger partial charge in [-0.15, -0.1) is 0 Å². The number of nitrogens with zero attached hydrogens (tertiary/aromatic N) is 5. The number of rotatable bonds is 32. The lowest BCUT2D eigenvalue weighted by Crippen LogP contribution is -2.44. The Morgan fingerprint density at radius 3 is 2.23 bits per heavy atom. The summed E-state index contributed by atoms with van der Waals surface area (Å²) in [6, 6.07) is 8.96. The maximum Gasteiger partial charge on any atom is 0.472 e. The van der Waals surface area contributed by atoms with Crippen molar-refractivity contribution in [3.63, 3.8) is 0 Å². The fourth-order valence-electron chi connectivity index (χ4n) is 7.57. The third kappa shape index (κ3) is 15.5. The molecule has 2 aromatic heterocycles. The molecule has 334 valence electrons. The quantitative estimate of drug-likeness (QED) is 0.0269. The average molecular weight is 861 g/mol. The van der Waals surface area contributed by atoms with E-state index in [1.165, 1.54) is 113 Å². The Hall–Kier alpha value is -3.36. The first-order valence-electron chi connectivity index (χ1n) is 21.6. The molecule has 0 radical (unpaired) electrons. The lowest BCUT2D eigenvalue weighted by Gasteiger charge is -2.30. The van der Waals surface area contributed by atoms with Gasteiger partial charge in [-0.2, -0.15) is 10.4 Å². The number of aliphatic hydroxyl groups excluding tert-OH is 2. The summed E-state index contributed by atoms with van der Waals surface area (Å²) in [5.74, 6) is -0.421. The molecule has 4 rings (SSSR count). The fourth-order valence-corrected chi connectivity index (χ4v) is 8.33. The molecular weight excluding hydrogens is 794 g/mol. The molecule has 1 unspecified atom stereocenters. The largest absolute Gasteiger partial charge is 0.472 e. The first kappa shape index (κ1) is 49.3. The van der Waals surface area contributed by atoms with E-state index in [0.717, 1.165) is 25.3 Å². The second-order valence-corrected chi connectivity index (χ2v) is 17.2. The Morgan fingerprint density at radius 2 is 1.62 bits per heavy atom. The summed E-state index contributed by atoms with van der Waals surface area (Å²) in [5, 5.41) is 35.7. The monoisotopic (exact) mass is 860 g/mol. The number of aromatic nitrogens is 3. The summed E-state index contributed by atoms with van der Waals surface area (Å²) in [6.07, 6.45) is 17.5. The van der Waals surface area contributed by atoms with E-state index < -0.39 is 56.9 Å². The molecule has 0 amide bonds. The van der Waals surface area contributed by atoms with Gasteiger partial charge < -0.3 is 35.1 Å². The van der Waals surface area contributed by atoms with Crippen LogP contribution in [0, 0.1) is 17.1 Å². The van der Waals surface area contributed by atoms with Crippen LogP contribution in [0.2, 0.25) is 0 Å². The molecule has 3 heterocycles. The van der Waals surface area contributed by atoms with Gasteiger partial charge in [-0.25, -0.2) is 18.5 Å². The van der Waals surface area contributed by atoms with Crippen LogP contribution in [-0.2, 0) is 40.0 Å². The smallest absolute Gasteiger partial charge is 0.387 e. The van der Waals surface area contributed by atoms with Crippen LogP contribution in [0.5, 0.6) is 0 Å². The number of hydrogen-bond acceptors (Lipinski definition) is 13. The summed E-state index contributed by atoms with van der Waals surface area (Å²) in [7, 11) is -4.79. The van der Waals surface area contributed by atoms with E-state index in [4.69, 9.17) is 29.0 Å². The number of phosphoric acid groups is 1. The van der Waals surface area contributed by atoms with Gasteiger partial charge in [-0.3, -0.25) is 14.0 Å². The molecule has 1 saturated heterocycles. The lowest BCUT2D eigenvalue weighted by atomic mass is 9.91. The number of nitrogen functional groups attached to an aromatic ring is 1. The van der Waals surface area contributed by atoms with Crippen molar-refractivity contribution < 1.29 is 47.3 Å². The molecule has 0 bridgehead atoms. The third-order valence-corrected chi connectivity index (χ3v) is 11.9. The molecule has 5 N–H and O–H groups in total. The standard InChI is InChI=1S/C43H66FN6O9P/c1-3-4-5-6-7-8-9-10-11-12-13-14-15-16-17-18-19-22-55-28-36(56-27-34-23-33(26-45)24-35(44)25-34)29-57-60(53,54)58-30-38-40(51)41(52)43(59-38,31-47-2)39-21-20-37-42(46)48-32-49-50(37)39/h20-21,23-25,32,36,38,40-41,51-52H,2-19,22,27-31H2,1H3,(H,53,54)(H2,46,48,49)/t36-,38-,40-,41-,43+/m1/s1. The fraction of sp³-hybridized carbons (Fsp3) is 0.674. The Balaban J connectivity index is 1.20. The molecule has 0 spiro atoms. The minimum Gasteiger partial charge on any atom is -0.387 e. The molecule has 3 aromatic rings. The molecular formula is C43H66FN6O9P. The van der Waals surface area contributed by atoms with Gasteiger partial charge in [-0.1, -0.05) is 110 Å². The van der Waals surface area contributed by atoms with E-state index in [0.29, 0.717) is 23.4 Å². The highest BCUT2D eigenvalue weighted by Gasteiger charge is 2.57. The van der Waals surface area contributed by atoms with Crippen LogP contribution in [0.15, 0.2) is 41.7 Å². The number of fused-ring (bicyclic) bond motifs is 1. The topological polar surface area (TPSA) is 216 Å². The number of benzene rings is 1. The van der Waals surface area contributed by atoms with Gasteiger partial charge in [0.1, 0.15) is 42.1 Å².